The number of carboxylic acids is 1. The number of amides is 1. The van der Waals surface area contributed by atoms with E-state index < -0.39 is 65.1 Å². The first-order valence-corrected chi connectivity index (χ1v) is 9.84. The molecular weight excluding hydrogens is 483 g/mol. The van der Waals surface area contributed by atoms with Crippen molar-refractivity contribution in [3.8, 4) is 11.5 Å². The van der Waals surface area contributed by atoms with E-state index in [1.165, 1.54) is 13.8 Å². The number of nitrogens with zero attached hydrogens (tertiary/aromatic N) is 1. The van der Waals surface area contributed by atoms with Gasteiger partial charge in [-0.3, -0.25) is 19.0 Å². The Morgan fingerprint density at radius 1 is 1.14 bits per heavy atom. The lowest BCUT2D eigenvalue weighted by atomic mass is 9.96. The molecule has 0 fully saturated rings. The van der Waals surface area contributed by atoms with Crippen LogP contribution in [0.4, 0.5) is 22.0 Å². The van der Waals surface area contributed by atoms with E-state index in [9.17, 15) is 41.4 Å². The lowest BCUT2D eigenvalue weighted by Crippen LogP contribution is -2.32. The number of carbonyl (C=O) groups is 3. The van der Waals surface area contributed by atoms with Crippen molar-refractivity contribution in [2.75, 3.05) is 6.54 Å². The number of carboxylic acid groups (broad SMARTS) is 1. The van der Waals surface area contributed by atoms with Gasteiger partial charge in [0.2, 0.25) is 5.91 Å². The van der Waals surface area contributed by atoms with Crippen LogP contribution in [-0.4, -0.2) is 45.5 Å². The Bertz CT molecular complexity index is 1330. The molecule has 1 amide bonds. The Balaban J connectivity index is 2.16. The molecule has 1 atom stereocenters. The number of ether oxygens (including phenoxy) is 1. The molecule has 186 valence electrons. The highest BCUT2D eigenvalue weighted by Crippen LogP contribution is 2.38. The van der Waals surface area contributed by atoms with E-state index in [2.05, 4.69) is 10.1 Å². The van der Waals surface area contributed by atoms with E-state index >= 15 is 0 Å². The molecule has 3 rings (SSSR count). The third kappa shape index (κ3) is 5.03. The van der Waals surface area contributed by atoms with Crippen molar-refractivity contribution in [2.45, 2.75) is 26.1 Å². The largest absolute Gasteiger partial charge is 0.573 e. The highest BCUT2D eigenvalue weighted by molar-refractivity contribution is 6.06. The summed E-state index contributed by atoms with van der Waals surface area (Å²) >= 11 is 0. The molecule has 3 aromatic rings. The molecule has 1 heterocycles. The van der Waals surface area contributed by atoms with Crippen LogP contribution >= 0.6 is 0 Å². The van der Waals surface area contributed by atoms with Crippen molar-refractivity contribution < 1.29 is 51.3 Å². The fourth-order valence-electron chi connectivity index (χ4n) is 3.68. The predicted octanol–water partition coefficient (Wildman–Crippen LogP) is 3.82. The Kier molecular flexibility index (Phi) is 6.72. The zero-order valence-electron chi connectivity index (χ0n) is 18.0. The Labute approximate surface area is 193 Å². The molecule has 0 bridgehead atoms. The summed E-state index contributed by atoms with van der Waals surface area (Å²) < 4.78 is 70.9. The summed E-state index contributed by atoms with van der Waals surface area (Å²) in [6.45, 7) is 1.86. The van der Waals surface area contributed by atoms with E-state index in [0.717, 1.165) is 28.8 Å². The second-order valence-corrected chi connectivity index (χ2v) is 7.46. The SMILES string of the molecule is Cc1c(C(C)C(=O)NCC(=O)O)c2c(F)c(O)c(F)cc2n1C(=O)c1ccc(OC(F)(F)F)cc1. The lowest BCUT2D eigenvalue weighted by molar-refractivity contribution is -0.274. The van der Waals surface area contributed by atoms with Gasteiger partial charge in [0, 0.05) is 22.7 Å². The van der Waals surface area contributed by atoms with Crippen LogP contribution in [0.5, 0.6) is 11.5 Å². The number of fused-ring (bicyclic) bond motifs is 1. The molecule has 13 heteroatoms. The molecule has 0 spiro atoms. The monoisotopic (exact) mass is 500 g/mol. The van der Waals surface area contributed by atoms with Crippen molar-refractivity contribution in [1.29, 1.82) is 0 Å². The van der Waals surface area contributed by atoms with Gasteiger partial charge in [0.15, 0.2) is 17.4 Å². The molecule has 2 aromatic carbocycles. The van der Waals surface area contributed by atoms with Crippen LogP contribution in [0.1, 0.15) is 34.5 Å². The number of phenolic OH excluding ortho intramolecular Hbond substituents is 1. The van der Waals surface area contributed by atoms with Crippen LogP contribution in [0.3, 0.4) is 0 Å². The van der Waals surface area contributed by atoms with Gasteiger partial charge in [-0.2, -0.15) is 0 Å². The number of phenols is 1. The smallest absolute Gasteiger partial charge is 0.503 e. The Hall–Kier alpha value is -4.16. The van der Waals surface area contributed by atoms with E-state index in [1.807, 2.05) is 0 Å². The van der Waals surface area contributed by atoms with Crippen LogP contribution in [0.25, 0.3) is 10.9 Å². The number of benzene rings is 2. The zero-order chi connectivity index (χ0) is 26.2. The predicted molar refractivity (Wildman–Crippen MR) is 110 cm³/mol. The first-order valence-electron chi connectivity index (χ1n) is 9.84. The molecule has 0 saturated carbocycles. The maximum absolute atomic E-state index is 15.0. The number of halogens is 5. The number of carbonyl (C=O) groups excluding carboxylic acids is 2. The second kappa shape index (κ2) is 9.24. The maximum atomic E-state index is 15.0. The molecule has 8 nitrogen and oxygen atoms in total. The van der Waals surface area contributed by atoms with Crippen molar-refractivity contribution in [3.63, 3.8) is 0 Å². The normalized spacial score (nSPS) is 12.4. The van der Waals surface area contributed by atoms with Crippen LogP contribution in [0.2, 0.25) is 0 Å². The van der Waals surface area contributed by atoms with Gasteiger partial charge in [0.25, 0.3) is 5.91 Å². The molecule has 0 aliphatic carbocycles. The van der Waals surface area contributed by atoms with Gasteiger partial charge >= 0.3 is 12.3 Å². The number of hydrogen-bond donors (Lipinski definition) is 3. The number of aromatic hydroxyl groups is 1. The zero-order valence-corrected chi connectivity index (χ0v) is 18.0. The number of aromatic nitrogens is 1. The summed E-state index contributed by atoms with van der Waals surface area (Å²) in [5.41, 5.74) is -0.699. The maximum Gasteiger partial charge on any atom is 0.573 e. The summed E-state index contributed by atoms with van der Waals surface area (Å²) in [6.07, 6.45) is -4.96. The lowest BCUT2D eigenvalue weighted by Gasteiger charge is -2.13. The summed E-state index contributed by atoms with van der Waals surface area (Å²) in [7, 11) is 0. The average molecular weight is 500 g/mol. The van der Waals surface area contributed by atoms with Gasteiger partial charge < -0.3 is 20.3 Å². The highest BCUT2D eigenvalue weighted by atomic mass is 19.4. The van der Waals surface area contributed by atoms with E-state index in [1.54, 1.807) is 0 Å². The highest BCUT2D eigenvalue weighted by Gasteiger charge is 2.32. The molecule has 1 aromatic heterocycles. The van der Waals surface area contributed by atoms with Gasteiger partial charge in [0.1, 0.15) is 12.3 Å². The van der Waals surface area contributed by atoms with Crippen LogP contribution < -0.4 is 10.1 Å². The molecule has 0 radical (unpaired) electrons. The molecule has 0 saturated heterocycles. The number of aliphatic carboxylic acids is 1. The minimum Gasteiger partial charge on any atom is -0.503 e. The quantitative estimate of drug-likeness (QED) is 0.443. The van der Waals surface area contributed by atoms with Crippen LogP contribution in [0, 0.1) is 18.6 Å². The number of hydrogen-bond acceptors (Lipinski definition) is 5. The van der Waals surface area contributed by atoms with Gasteiger partial charge in [-0.25, -0.2) is 8.78 Å². The minimum absolute atomic E-state index is 0.0394. The topological polar surface area (TPSA) is 118 Å². The molecule has 0 aliphatic heterocycles. The Morgan fingerprint density at radius 2 is 1.74 bits per heavy atom. The standard InChI is InChI=1S/C22H17F5N2O6/c1-9(20(33)28-8-15(30)31)16-10(2)29(14-7-13(23)19(32)18(24)17(14)16)21(34)11-3-5-12(6-4-11)35-22(25,26)27/h3-7,9,32H,8H2,1-2H3,(H,28,33)(H,30,31). The van der Waals surface area contributed by atoms with Gasteiger partial charge in [-0.15, -0.1) is 13.2 Å². The van der Waals surface area contributed by atoms with Crippen molar-refractivity contribution in [3.05, 3.63) is 58.8 Å². The fourth-order valence-corrected chi connectivity index (χ4v) is 3.68. The molecule has 35 heavy (non-hydrogen) atoms. The molecule has 0 aliphatic rings. The van der Waals surface area contributed by atoms with Gasteiger partial charge in [-0.05, 0) is 43.7 Å². The first-order chi connectivity index (χ1) is 16.2. The van der Waals surface area contributed by atoms with E-state index in [-0.39, 0.29) is 22.3 Å². The second-order valence-electron chi connectivity index (χ2n) is 7.46. The molecular formula is C22H17F5N2O6. The van der Waals surface area contributed by atoms with Gasteiger partial charge in [0.05, 0.1) is 11.4 Å². The van der Waals surface area contributed by atoms with Crippen molar-refractivity contribution in [2.24, 2.45) is 0 Å². The third-order valence-electron chi connectivity index (χ3n) is 5.19. The molecule has 1 unspecified atom stereocenters. The number of rotatable bonds is 6. The third-order valence-corrected chi connectivity index (χ3v) is 5.19. The average Bonchev–Trinajstić information content (AvgIpc) is 3.05. The summed E-state index contributed by atoms with van der Waals surface area (Å²) in [4.78, 5) is 36.5. The van der Waals surface area contributed by atoms with Crippen LogP contribution in [-0.2, 0) is 9.59 Å². The van der Waals surface area contributed by atoms with Crippen molar-refractivity contribution >= 4 is 28.7 Å². The number of nitrogens with one attached hydrogen (secondary N) is 1. The molecule has 3 N–H and O–H groups in total. The number of alkyl halides is 3. The minimum atomic E-state index is -4.96. The summed E-state index contributed by atoms with van der Waals surface area (Å²) in [6, 6.07) is 4.43. The fraction of sp³-hybridized carbons (Fsp3) is 0.227. The van der Waals surface area contributed by atoms with Crippen molar-refractivity contribution in [1.82, 2.24) is 9.88 Å². The van der Waals surface area contributed by atoms with E-state index in [0.29, 0.717) is 6.07 Å². The van der Waals surface area contributed by atoms with Crippen LogP contribution in [0.15, 0.2) is 30.3 Å². The Morgan fingerprint density at radius 3 is 2.29 bits per heavy atom. The van der Waals surface area contributed by atoms with E-state index in [4.69, 9.17) is 5.11 Å². The van der Waals surface area contributed by atoms with Gasteiger partial charge in [-0.1, -0.05) is 0 Å². The summed E-state index contributed by atoms with van der Waals surface area (Å²) in [5, 5.41) is 20.2. The summed E-state index contributed by atoms with van der Waals surface area (Å²) in [5.74, 6) is -9.14. The first kappa shape index (κ1) is 25.5.